The SMILES string of the molecule is N[C@@H](Cc1ccccc1)C(=O)N[C@@H](Cc1c[nH]cn1)C(=O)N[C@@H](Cc1ccccc1)C(=O)N[C@@H](Cc1ccccc1)C(=O)N[C@@H](Cc1c[nH]cn1)C(=O)N[C@@H](Cc1c[nH]cn1)C(=O)N[C@@H](Cc1ccccc1)C(=O)N[C@@H](Cc1ccccc1)C(=O)N[C@@H](Cc1c[nH]cn1)C(=O)N[C@@H](Cc1ccccc1)C(=O)N[C@@H](Cc1ccccc1)C(=O)N[C@@H](Cc1c[nH]cn1)C(=O)N[C@@H](Cc1c[nH]cn1)C(=O)N[C@@H](Cc1ccccc1)C(=O)O. The molecular formula is C108H116N26O15. The zero-order valence-electron chi connectivity index (χ0n) is 80.9. The number of carbonyl (C=O) groups is 14. The predicted octanol–water partition coefficient (Wildman–Crippen LogP) is 2.44. The molecule has 0 fully saturated rings. The van der Waals surface area contributed by atoms with Gasteiger partial charge in [0, 0.05) is 121 Å². The fourth-order valence-electron chi connectivity index (χ4n) is 16.8. The van der Waals surface area contributed by atoms with Gasteiger partial charge >= 0.3 is 5.97 Å². The van der Waals surface area contributed by atoms with Crippen LogP contribution >= 0.6 is 0 Å². The van der Waals surface area contributed by atoms with Crippen molar-refractivity contribution in [1.82, 2.24) is 129 Å². The lowest BCUT2D eigenvalue weighted by atomic mass is 10.00. The van der Waals surface area contributed by atoms with Crippen LogP contribution in [0.15, 0.2) is 318 Å². The lowest BCUT2D eigenvalue weighted by Gasteiger charge is -2.29. The summed E-state index contributed by atoms with van der Waals surface area (Å²) in [7, 11) is 0. The number of rotatable bonds is 55. The molecule has 0 spiro atoms. The second-order valence-electron chi connectivity index (χ2n) is 35.8. The highest BCUT2D eigenvalue weighted by Crippen LogP contribution is 2.19. The smallest absolute Gasteiger partial charge is 0.326 e. The van der Waals surface area contributed by atoms with Gasteiger partial charge in [-0.05, 0) is 50.9 Å². The second kappa shape index (κ2) is 54.3. The Morgan fingerprint density at radius 2 is 0.315 bits per heavy atom. The Kier molecular flexibility index (Phi) is 38.8. The summed E-state index contributed by atoms with van der Waals surface area (Å²) in [5.41, 5.74) is 12.9. The number of aliphatic carboxylic acids is 1. The average molecular weight is 2020 g/mol. The maximum atomic E-state index is 15.8. The normalized spacial score (nSPS) is 13.9. The summed E-state index contributed by atoms with van der Waals surface area (Å²) < 4.78 is 0. The monoisotopic (exact) mass is 2020 g/mol. The summed E-state index contributed by atoms with van der Waals surface area (Å²) >= 11 is 0. The minimum absolute atomic E-state index is 0.108. The number of carboxylic acid groups (broad SMARTS) is 1. The Morgan fingerprint density at radius 3 is 0.456 bits per heavy atom. The maximum Gasteiger partial charge on any atom is 0.326 e. The molecule has 13 amide bonds. The van der Waals surface area contributed by atoms with Crippen LogP contribution in [-0.2, 0) is 157 Å². The first kappa shape index (κ1) is 106. The van der Waals surface area contributed by atoms with Crippen LogP contribution in [0.1, 0.15) is 78.7 Å². The molecule has 41 heteroatoms. The van der Waals surface area contributed by atoms with Crippen LogP contribution in [0.25, 0.3) is 0 Å². The Labute approximate surface area is 856 Å². The van der Waals surface area contributed by atoms with Gasteiger partial charge in [-0.3, -0.25) is 62.3 Å². The highest BCUT2D eigenvalue weighted by atomic mass is 16.4. The molecular weight excluding hydrogens is 1900 g/mol. The van der Waals surface area contributed by atoms with Gasteiger partial charge in [0.05, 0.1) is 78.2 Å². The number of hydrogen-bond donors (Lipinski definition) is 21. The molecule has 0 saturated carbocycles. The van der Waals surface area contributed by atoms with Gasteiger partial charge in [0.25, 0.3) is 0 Å². The average Bonchev–Trinajstić information content (AvgIpc) is 1.23. The van der Waals surface area contributed by atoms with Gasteiger partial charge in [0.15, 0.2) is 0 Å². The van der Waals surface area contributed by atoms with E-state index in [0.29, 0.717) is 50.3 Å². The quantitative estimate of drug-likeness (QED) is 0.0260. The van der Waals surface area contributed by atoms with Gasteiger partial charge in [0.2, 0.25) is 76.8 Å². The number of imidazole rings is 6. The van der Waals surface area contributed by atoms with Gasteiger partial charge < -0.3 is 110 Å². The third-order valence-electron chi connectivity index (χ3n) is 24.6. The van der Waals surface area contributed by atoms with Crippen LogP contribution in [0, 0.1) is 0 Å². The molecule has 149 heavy (non-hydrogen) atoms. The Morgan fingerprint density at radius 1 is 0.188 bits per heavy atom. The second-order valence-corrected chi connectivity index (χ2v) is 35.8. The van der Waals surface area contributed by atoms with Crippen molar-refractivity contribution < 1.29 is 72.2 Å². The minimum atomic E-state index is -1.62. The summed E-state index contributed by atoms with van der Waals surface area (Å²) in [4.78, 5) is 254. The van der Waals surface area contributed by atoms with Gasteiger partial charge in [-0.2, -0.15) is 0 Å². The zero-order valence-corrected chi connectivity index (χ0v) is 80.9. The molecule has 8 aromatic carbocycles. The summed E-state index contributed by atoms with van der Waals surface area (Å²) in [6, 6.07) is 48.5. The van der Waals surface area contributed by atoms with Crippen LogP contribution in [0.2, 0.25) is 0 Å². The van der Waals surface area contributed by atoms with Gasteiger partial charge in [-0.1, -0.05) is 243 Å². The van der Waals surface area contributed by atoms with E-state index in [9.17, 15) is 29.1 Å². The van der Waals surface area contributed by atoms with E-state index in [-0.39, 0.29) is 113 Å². The van der Waals surface area contributed by atoms with Crippen LogP contribution < -0.4 is 74.9 Å². The van der Waals surface area contributed by atoms with Crippen molar-refractivity contribution in [2.45, 2.75) is 174 Å². The van der Waals surface area contributed by atoms with E-state index in [1.807, 2.05) is 30.3 Å². The van der Waals surface area contributed by atoms with Crippen LogP contribution in [-0.4, -0.2) is 232 Å². The number of benzene rings is 8. The number of nitrogens with zero attached hydrogens (tertiary/aromatic N) is 6. The van der Waals surface area contributed by atoms with E-state index in [4.69, 9.17) is 5.73 Å². The Hall–Kier alpha value is -18.4. The molecule has 14 atom stereocenters. The first-order valence-corrected chi connectivity index (χ1v) is 48.5. The molecule has 0 aliphatic rings. The van der Waals surface area contributed by atoms with Crippen molar-refractivity contribution >= 4 is 82.8 Å². The number of aromatic nitrogens is 12. The van der Waals surface area contributed by atoms with Gasteiger partial charge in [-0.25, -0.2) is 34.7 Å². The molecule has 0 aliphatic carbocycles. The molecule has 0 radical (unpaired) electrons. The number of nitrogens with one attached hydrogen (secondary N) is 19. The van der Waals surface area contributed by atoms with Crippen molar-refractivity contribution in [1.29, 1.82) is 0 Å². The first-order valence-electron chi connectivity index (χ1n) is 48.5. The topological polar surface area (TPSA) is 614 Å². The molecule has 14 rings (SSSR count). The van der Waals surface area contributed by atoms with Crippen molar-refractivity contribution in [2.75, 3.05) is 0 Å². The van der Waals surface area contributed by atoms with Crippen molar-refractivity contribution in [3.63, 3.8) is 0 Å². The third kappa shape index (κ3) is 33.3. The largest absolute Gasteiger partial charge is 0.480 e. The standard InChI is InChI=1S/C108H116N26O15/c109-81(41-67-25-9-1-10-26-67)95(135)122-88(49-75-55-110-61-116-75)102(142)126-82(42-68-27-11-2-12-28-68)96(136)123-86(46-72-35-19-6-20-36-72)100(140)130-91(52-78-58-113-64-119-78)105(145)132-90(51-77-57-112-63-118-77)104(144)128-84(44-70-31-15-4-16-32-70)98(138)124-85(45-71-33-17-5-18-34-71)99(139)129-89(50-76-56-111-62-117-76)103(143)127-83(43-69-29-13-3-14-30-69)97(137)125-87(47-73-37-21-7-22-38-73)101(141)131-92(53-79-59-114-65-120-79)106(146)133-93(54-80-60-115-66-121-80)107(147)134-94(108(148)149)48-74-39-23-8-24-40-74/h1-40,55-66,81-94H,41-54,109H2,(H,110,116)(H,111,117)(H,112,118)(H,113,119)(H,114,120)(H,115,121)(H,122,135)(H,123,136)(H,124,138)(H,125,137)(H,126,142)(H,127,143)(H,128,144)(H,129,139)(H,130,140)(H,131,141)(H,132,145)(H,133,146)(H,134,147)(H,148,149)/t81-,82-,83-,84-,85-,86-,87-,88-,89-,90-,91-,92-,93-,94-/m0/s1. The number of amides is 13. The minimum Gasteiger partial charge on any atom is -0.480 e. The number of carbonyl (C=O) groups excluding carboxylic acids is 13. The zero-order chi connectivity index (χ0) is 105. The molecule has 6 aromatic heterocycles. The molecule has 22 N–H and O–H groups in total. The summed E-state index contributed by atoms with van der Waals surface area (Å²) in [5.74, 6) is -12.9. The first-order chi connectivity index (χ1) is 72.4. The lowest BCUT2D eigenvalue weighted by Crippen LogP contribution is -2.62. The van der Waals surface area contributed by atoms with Crippen molar-refractivity contribution in [2.24, 2.45) is 5.73 Å². The number of carboxylic acids is 1. The molecule has 6 heterocycles. The van der Waals surface area contributed by atoms with E-state index in [1.165, 1.54) is 68.9 Å². The van der Waals surface area contributed by atoms with Crippen LogP contribution in [0.5, 0.6) is 0 Å². The number of H-pyrrole nitrogens is 6. The highest BCUT2D eigenvalue weighted by molar-refractivity contribution is 6.01. The van der Waals surface area contributed by atoms with E-state index < -0.39 is 167 Å². The number of nitrogens with two attached hydrogens (primary N) is 1. The molecule has 0 aliphatic heterocycles. The van der Waals surface area contributed by atoms with Crippen LogP contribution in [0.4, 0.5) is 0 Å². The van der Waals surface area contributed by atoms with E-state index >= 15 is 43.2 Å². The Bertz CT molecular complexity index is 6640. The van der Waals surface area contributed by atoms with Crippen LogP contribution in [0.3, 0.4) is 0 Å². The van der Waals surface area contributed by atoms with E-state index in [2.05, 4.69) is 129 Å². The number of hydrogen-bond acceptors (Lipinski definition) is 21. The van der Waals surface area contributed by atoms with E-state index in [1.54, 1.807) is 219 Å². The molecule has 0 unspecified atom stereocenters. The predicted molar refractivity (Wildman–Crippen MR) is 546 cm³/mol. The molecule has 0 bridgehead atoms. The van der Waals surface area contributed by atoms with Gasteiger partial charge in [0.1, 0.15) is 78.5 Å². The fraction of sp³-hybridized carbons (Fsp3) is 0.259. The van der Waals surface area contributed by atoms with Crippen molar-refractivity contribution in [3.05, 3.63) is 396 Å². The van der Waals surface area contributed by atoms with E-state index in [0.717, 1.165) is 5.56 Å². The Balaban J connectivity index is 0.709. The van der Waals surface area contributed by atoms with Gasteiger partial charge in [-0.15, -0.1) is 0 Å². The summed E-state index contributed by atoms with van der Waals surface area (Å²) in [5, 5.41) is 46.8. The molecule has 0 saturated heterocycles. The fourth-order valence-corrected chi connectivity index (χ4v) is 16.8. The molecule has 14 aromatic rings. The summed E-state index contributed by atoms with van der Waals surface area (Å²) in [6.07, 6.45) is 14.4. The number of aromatic amines is 6. The maximum absolute atomic E-state index is 15.8. The van der Waals surface area contributed by atoms with Crippen molar-refractivity contribution in [3.8, 4) is 0 Å². The lowest BCUT2D eigenvalue weighted by molar-refractivity contribution is -0.142. The summed E-state index contributed by atoms with van der Waals surface area (Å²) in [6.45, 7) is 0. The highest BCUT2D eigenvalue weighted by Gasteiger charge is 2.41. The molecule has 41 nitrogen and oxygen atoms in total. The third-order valence-corrected chi connectivity index (χ3v) is 24.6. The molecule has 768 valence electrons.